The van der Waals surface area contributed by atoms with Gasteiger partial charge in [0, 0.05) is 26.8 Å². The van der Waals surface area contributed by atoms with E-state index in [1.165, 1.54) is 6.07 Å². The van der Waals surface area contributed by atoms with E-state index < -0.39 is 16.8 Å². The van der Waals surface area contributed by atoms with Crippen LogP contribution >= 0.6 is 15.9 Å². The summed E-state index contributed by atoms with van der Waals surface area (Å²) in [6, 6.07) is 4.80. The van der Waals surface area contributed by atoms with Crippen LogP contribution in [0.1, 0.15) is 29.8 Å². The average molecular weight is 319 g/mol. The van der Waals surface area contributed by atoms with Crippen LogP contribution in [0, 0.1) is 5.92 Å². The zero-order valence-corrected chi connectivity index (χ0v) is 12.2. The van der Waals surface area contributed by atoms with Gasteiger partial charge in [0.05, 0.1) is 5.56 Å². The molecule has 0 heterocycles. The topological polar surface area (TPSA) is 54.4 Å². The summed E-state index contributed by atoms with van der Waals surface area (Å²) in [5, 5.41) is 8.82. The molecule has 0 saturated carbocycles. The Balaban J connectivity index is 2.79. The summed E-state index contributed by atoms with van der Waals surface area (Å²) >= 11 is 3.31. The van der Waals surface area contributed by atoms with Crippen molar-refractivity contribution in [1.29, 1.82) is 0 Å². The molecule has 0 saturated heterocycles. The Morgan fingerprint density at radius 2 is 2.12 bits per heavy atom. The van der Waals surface area contributed by atoms with Gasteiger partial charge >= 0.3 is 5.97 Å². The number of hydrogen-bond acceptors (Lipinski definition) is 2. The van der Waals surface area contributed by atoms with Gasteiger partial charge in [0.15, 0.2) is 0 Å². The fourth-order valence-corrected chi connectivity index (χ4v) is 3.57. The van der Waals surface area contributed by atoms with Gasteiger partial charge in [0.25, 0.3) is 0 Å². The van der Waals surface area contributed by atoms with E-state index in [-0.39, 0.29) is 5.56 Å². The number of aromatic carboxylic acids is 1. The molecule has 94 valence electrons. The lowest BCUT2D eigenvalue weighted by Gasteiger charge is -2.07. The van der Waals surface area contributed by atoms with Crippen LogP contribution in [0.25, 0.3) is 0 Å². The normalized spacial score (nSPS) is 12.7. The van der Waals surface area contributed by atoms with E-state index in [0.717, 1.165) is 5.56 Å². The van der Waals surface area contributed by atoms with Crippen molar-refractivity contribution in [3.8, 4) is 0 Å². The van der Waals surface area contributed by atoms with Crippen molar-refractivity contribution in [2.45, 2.75) is 19.6 Å². The fourth-order valence-electron chi connectivity index (χ4n) is 1.40. The van der Waals surface area contributed by atoms with Gasteiger partial charge in [0.2, 0.25) is 0 Å². The van der Waals surface area contributed by atoms with Crippen molar-refractivity contribution >= 4 is 32.7 Å². The monoisotopic (exact) mass is 318 g/mol. The first-order chi connectivity index (χ1) is 7.90. The molecule has 0 radical (unpaired) electrons. The van der Waals surface area contributed by atoms with Gasteiger partial charge < -0.3 is 5.11 Å². The molecule has 0 spiro atoms. The second-order valence-electron chi connectivity index (χ2n) is 4.26. The van der Waals surface area contributed by atoms with Gasteiger partial charge in [-0.2, -0.15) is 0 Å². The molecule has 0 aliphatic rings. The predicted molar refractivity (Wildman–Crippen MR) is 72.7 cm³/mol. The SMILES string of the molecule is CC(C)CS(=O)Cc1ccc(C(=O)O)cc1Br. The molecule has 0 bridgehead atoms. The Morgan fingerprint density at radius 1 is 1.47 bits per heavy atom. The molecule has 1 N–H and O–H groups in total. The predicted octanol–water partition coefficient (Wildman–Crippen LogP) is 3.05. The molecule has 0 fully saturated rings. The van der Waals surface area contributed by atoms with Crippen molar-refractivity contribution in [1.82, 2.24) is 0 Å². The maximum Gasteiger partial charge on any atom is 0.335 e. The molecule has 1 aromatic carbocycles. The fraction of sp³-hybridized carbons (Fsp3) is 0.417. The molecule has 1 aromatic rings. The molecule has 0 aliphatic heterocycles. The van der Waals surface area contributed by atoms with Gasteiger partial charge in [-0.15, -0.1) is 0 Å². The van der Waals surface area contributed by atoms with Crippen LogP contribution in [-0.4, -0.2) is 21.0 Å². The van der Waals surface area contributed by atoms with Crippen molar-refractivity contribution < 1.29 is 14.1 Å². The minimum absolute atomic E-state index is 0.232. The highest BCUT2D eigenvalue weighted by Gasteiger charge is 2.10. The quantitative estimate of drug-likeness (QED) is 0.907. The summed E-state index contributed by atoms with van der Waals surface area (Å²) in [6.45, 7) is 4.06. The number of carbonyl (C=O) groups is 1. The van der Waals surface area contributed by atoms with E-state index in [0.29, 0.717) is 21.9 Å². The zero-order chi connectivity index (χ0) is 13.0. The third-order valence-corrected chi connectivity index (χ3v) is 4.55. The van der Waals surface area contributed by atoms with Crippen LogP contribution in [0.4, 0.5) is 0 Å². The first kappa shape index (κ1) is 14.4. The Hall–Kier alpha value is -0.680. The second-order valence-corrected chi connectivity index (χ2v) is 6.61. The third-order valence-electron chi connectivity index (χ3n) is 2.14. The van der Waals surface area contributed by atoms with Gasteiger partial charge in [0.1, 0.15) is 0 Å². The van der Waals surface area contributed by atoms with E-state index in [2.05, 4.69) is 15.9 Å². The minimum atomic E-state index is -0.958. The largest absolute Gasteiger partial charge is 0.478 e. The second kappa shape index (κ2) is 6.31. The molecule has 5 heteroatoms. The summed E-state index contributed by atoms with van der Waals surface area (Å²) in [4.78, 5) is 10.8. The van der Waals surface area contributed by atoms with E-state index in [4.69, 9.17) is 5.11 Å². The van der Waals surface area contributed by atoms with Crippen LogP contribution in [0.15, 0.2) is 22.7 Å². The minimum Gasteiger partial charge on any atom is -0.478 e. The van der Waals surface area contributed by atoms with Crippen LogP contribution in [0.5, 0.6) is 0 Å². The van der Waals surface area contributed by atoms with Crippen LogP contribution < -0.4 is 0 Å². The highest BCUT2D eigenvalue weighted by Crippen LogP contribution is 2.20. The lowest BCUT2D eigenvalue weighted by molar-refractivity contribution is 0.0697. The number of rotatable bonds is 5. The maximum absolute atomic E-state index is 11.8. The first-order valence-corrected chi connectivity index (χ1v) is 7.55. The lowest BCUT2D eigenvalue weighted by atomic mass is 10.1. The first-order valence-electron chi connectivity index (χ1n) is 5.27. The molecule has 0 aromatic heterocycles. The van der Waals surface area contributed by atoms with Crippen molar-refractivity contribution in [2.24, 2.45) is 5.92 Å². The molecular formula is C12H15BrO3S. The van der Waals surface area contributed by atoms with E-state index >= 15 is 0 Å². The molecule has 1 atom stereocenters. The lowest BCUT2D eigenvalue weighted by Crippen LogP contribution is -2.07. The highest BCUT2D eigenvalue weighted by molar-refractivity contribution is 9.10. The summed E-state index contributed by atoms with van der Waals surface area (Å²) in [5.41, 5.74) is 1.12. The Morgan fingerprint density at radius 3 is 2.59 bits per heavy atom. The van der Waals surface area contributed by atoms with Crippen molar-refractivity contribution in [3.05, 3.63) is 33.8 Å². The summed E-state index contributed by atoms with van der Waals surface area (Å²) in [7, 11) is -0.906. The number of benzene rings is 1. The number of halogens is 1. The molecule has 0 amide bonds. The van der Waals surface area contributed by atoms with Gasteiger partial charge in [-0.1, -0.05) is 35.8 Å². The number of hydrogen-bond donors (Lipinski definition) is 1. The molecule has 17 heavy (non-hydrogen) atoms. The highest BCUT2D eigenvalue weighted by atomic mass is 79.9. The Labute approximate surface area is 112 Å². The number of carboxylic acid groups (broad SMARTS) is 1. The molecule has 1 unspecified atom stereocenters. The summed E-state index contributed by atoms with van der Waals surface area (Å²) in [6.07, 6.45) is 0. The van der Waals surface area contributed by atoms with E-state index in [1.54, 1.807) is 12.1 Å². The molecular weight excluding hydrogens is 304 g/mol. The molecule has 3 nitrogen and oxygen atoms in total. The Bertz CT molecular complexity index is 443. The van der Waals surface area contributed by atoms with Crippen molar-refractivity contribution in [2.75, 3.05) is 5.75 Å². The third kappa shape index (κ3) is 4.60. The van der Waals surface area contributed by atoms with Gasteiger partial charge in [-0.3, -0.25) is 4.21 Å². The molecule has 1 rings (SSSR count). The summed E-state index contributed by atoms with van der Waals surface area (Å²) < 4.78 is 12.5. The Kier molecular flexibility index (Phi) is 5.33. The zero-order valence-electron chi connectivity index (χ0n) is 9.77. The standard InChI is InChI=1S/C12H15BrO3S/c1-8(2)6-17(16)7-10-4-3-9(12(14)15)5-11(10)13/h3-5,8H,6-7H2,1-2H3,(H,14,15). The van der Waals surface area contributed by atoms with Crippen LogP contribution in [0.2, 0.25) is 0 Å². The maximum atomic E-state index is 11.8. The molecule has 0 aliphatic carbocycles. The van der Waals surface area contributed by atoms with Crippen molar-refractivity contribution in [3.63, 3.8) is 0 Å². The van der Waals surface area contributed by atoms with Crippen LogP contribution in [-0.2, 0) is 16.6 Å². The van der Waals surface area contributed by atoms with Gasteiger partial charge in [-0.05, 0) is 23.6 Å². The average Bonchev–Trinajstić information content (AvgIpc) is 2.19. The summed E-state index contributed by atoms with van der Waals surface area (Å²) in [5.74, 6) is 0.555. The smallest absolute Gasteiger partial charge is 0.335 e. The van der Waals surface area contributed by atoms with E-state index in [1.807, 2.05) is 13.8 Å². The van der Waals surface area contributed by atoms with Gasteiger partial charge in [-0.25, -0.2) is 4.79 Å². The van der Waals surface area contributed by atoms with Crippen LogP contribution in [0.3, 0.4) is 0 Å². The number of carboxylic acids is 1. The van der Waals surface area contributed by atoms with E-state index in [9.17, 15) is 9.00 Å².